The van der Waals surface area contributed by atoms with Gasteiger partial charge >= 0.3 is 0 Å². The molecule has 0 saturated carbocycles. The lowest BCUT2D eigenvalue weighted by atomic mass is 10.0. The minimum absolute atomic E-state index is 0.285. The quantitative estimate of drug-likeness (QED) is 0.678. The molecule has 2 heteroatoms. The van der Waals surface area contributed by atoms with Crippen molar-refractivity contribution in [3.8, 4) is 0 Å². The van der Waals surface area contributed by atoms with E-state index in [0.29, 0.717) is 12.6 Å². The van der Waals surface area contributed by atoms with Gasteiger partial charge in [0.15, 0.2) is 0 Å². The Morgan fingerprint density at radius 3 is 2.47 bits per heavy atom. The molecule has 0 aromatic heterocycles. The Hall–Kier alpha value is -0.860. The summed E-state index contributed by atoms with van der Waals surface area (Å²) in [5, 5.41) is 12.8. The number of hydrogen-bond acceptors (Lipinski definition) is 2. The number of aliphatic hydroxyl groups excluding tert-OH is 1. The summed E-state index contributed by atoms with van der Waals surface area (Å²) in [6.07, 6.45) is 4.62. The second kappa shape index (κ2) is 8.26. The first-order valence-electron chi connectivity index (χ1n) is 6.70. The number of nitrogens with one attached hydrogen (secondary N) is 1. The predicted molar refractivity (Wildman–Crippen MR) is 73.0 cm³/mol. The van der Waals surface area contributed by atoms with Gasteiger partial charge in [-0.1, -0.05) is 56.5 Å². The third-order valence-corrected chi connectivity index (χ3v) is 2.96. The average Bonchev–Trinajstić information content (AvgIpc) is 2.34. The summed E-state index contributed by atoms with van der Waals surface area (Å²) in [4.78, 5) is 0. The highest BCUT2D eigenvalue weighted by Gasteiger charge is 2.10. The lowest BCUT2D eigenvalue weighted by molar-refractivity contribution is 0.185. The van der Waals surface area contributed by atoms with Gasteiger partial charge in [0, 0.05) is 12.6 Å². The van der Waals surface area contributed by atoms with E-state index >= 15 is 0 Å². The normalized spacial score (nSPS) is 14.5. The molecular formula is C15H25NO. The van der Waals surface area contributed by atoms with Crippen molar-refractivity contribution in [2.45, 2.75) is 51.7 Å². The number of rotatable bonds is 8. The van der Waals surface area contributed by atoms with Crippen LogP contribution in [-0.4, -0.2) is 17.8 Å². The first-order chi connectivity index (χ1) is 8.24. The largest absolute Gasteiger partial charge is 0.392 e. The van der Waals surface area contributed by atoms with Crippen LogP contribution in [0, 0.1) is 0 Å². The molecular weight excluding hydrogens is 210 g/mol. The van der Waals surface area contributed by atoms with E-state index in [1.54, 1.807) is 0 Å². The Kier molecular flexibility index (Phi) is 6.90. The molecule has 0 amide bonds. The smallest absolute Gasteiger partial charge is 0.0636 e. The van der Waals surface area contributed by atoms with Gasteiger partial charge in [-0.15, -0.1) is 0 Å². The van der Waals surface area contributed by atoms with E-state index in [2.05, 4.69) is 36.5 Å². The molecule has 0 aliphatic rings. The molecule has 1 aromatic rings. The first kappa shape index (κ1) is 14.2. The maximum atomic E-state index is 9.36. The van der Waals surface area contributed by atoms with Crippen LogP contribution in [0.1, 0.15) is 51.1 Å². The van der Waals surface area contributed by atoms with Crippen LogP contribution in [0.5, 0.6) is 0 Å². The van der Waals surface area contributed by atoms with Crippen molar-refractivity contribution in [2.24, 2.45) is 0 Å². The van der Waals surface area contributed by atoms with Crippen molar-refractivity contribution >= 4 is 0 Å². The fourth-order valence-electron chi connectivity index (χ4n) is 1.98. The zero-order valence-electron chi connectivity index (χ0n) is 11.0. The minimum atomic E-state index is -0.285. The molecule has 1 unspecified atom stereocenters. The van der Waals surface area contributed by atoms with Gasteiger partial charge in [0.05, 0.1) is 6.10 Å². The van der Waals surface area contributed by atoms with Gasteiger partial charge in [0.25, 0.3) is 0 Å². The Morgan fingerprint density at radius 1 is 1.18 bits per heavy atom. The average molecular weight is 235 g/mol. The highest BCUT2D eigenvalue weighted by atomic mass is 16.3. The SMILES string of the molecule is CCCCCC(NC[C@H](C)O)c1ccccc1. The zero-order chi connectivity index (χ0) is 12.5. The van der Waals surface area contributed by atoms with Crippen LogP contribution in [0.4, 0.5) is 0 Å². The molecule has 0 bridgehead atoms. The number of unbranched alkanes of at least 4 members (excludes halogenated alkanes) is 2. The lowest BCUT2D eigenvalue weighted by Gasteiger charge is -2.20. The van der Waals surface area contributed by atoms with Gasteiger partial charge in [-0.25, -0.2) is 0 Å². The molecule has 1 aromatic carbocycles. The standard InChI is InChI=1S/C15H25NO/c1-3-4-6-11-15(16-12-13(2)17)14-9-7-5-8-10-14/h5,7-10,13,15-17H,3-4,6,11-12H2,1-2H3/t13-,15?/m0/s1. The van der Waals surface area contributed by atoms with Gasteiger partial charge in [-0.3, -0.25) is 0 Å². The van der Waals surface area contributed by atoms with E-state index in [0.717, 1.165) is 6.42 Å². The van der Waals surface area contributed by atoms with Crippen molar-refractivity contribution in [2.75, 3.05) is 6.54 Å². The molecule has 0 radical (unpaired) electrons. The van der Waals surface area contributed by atoms with Gasteiger partial charge in [0.2, 0.25) is 0 Å². The van der Waals surface area contributed by atoms with Crippen LogP contribution in [0.25, 0.3) is 0 Å². The van der Waals surface area contributed by atoms with Crippen LogP contribution < -0.4 is 5.32 Å². The molecule has 0 spiro atoms. The summed E-state index contributed by atoms with van der Waals surface area (Å²) in [6, 6.07) is 10.9. The van der Waals surface area contributed by atoms with E-state index in [1.165, 1.54) is 24.8 Å². The number of aliphatic hydroxyl groups is 1. The molecule has 1 rings (SSSR count). The summed E-state index contributed by atoms with van der Waals surface area (Å²) < 4.78 is 0. The predicted octanol–water partition coefficient (Wildman–Crippen LogP) is 3.28. The summed E-state index contributed by atoms with van der Waals surface area (Å²) in [5.74, 6) is 0. The van der Waals surface area contributed by atoms with Crippen LogP contribution in [0.2, 0.25) is 0 Å². The summed E-state index contributed by atoms with van der Waals surface area (Å²) in [6.45, 7) is 4.70. The molecule has 0 heterocycles. The van der Waals surface area contributed by atoms with Crippen molar-refractivity contribution < 1.29 is 5.11 Å². The molecule has 2 nitrogen and oxygen atoms in total. The second-order valence-electron chi connectivity index (χ2n) is 4.72. The summed E-state index contributed by atoms with van der Waals surface area (Å²) in [7, 11) is 0. The highest BCUT2D eigenvalue weighted by Crippen LogP contribution is 2.19. The minimum Gasteiger partial charge on any atom is -0.392 e. The van der Waals surface area contributed by atoms with Crippen LogP contribution >= 0.6 is 0 Å². The summed E-state index contributed by atoms with van der Waals surface area (Å²) in [5.41, 5.74) is 1.32. The first-order valence-corrected chi connectivity index (χ1v) is 6.70. The molecule has 0 saturated heterocycles. The van der Waals surface area contributed by atoms with E-state index < -0.39 is 0 Å². The molecule has 2 N–H and O–H groups in total. The third-order valence-electron chi connectivity index (χ3n) is 2.96. The van der Waals surface area contributed by atoms with E-state index in [9.17, 15) is 5.11 Å². The Bertz CT molecular complexity index is 284. The van der Waals surface area contributed by atoms with Crippen LogP contribution in [0.3, 0.4) is 0 Å². The van der Waals surface area contributed by atoms with Crippen molar-refractivity contribution in [3.63, 3.8) is 0 Å². The zero-order valence-corrected chi connectivity index (χ0v) is 11.0. The van der Waals surface area contributed by atoms with Crippen molar-refractivity contribution in [3.05, 3.63) is 35.9 Å². The Balaban J connectivity index is 2.52. The molecule has 17 heavy (non-hydrogen) atoms. The van der Waals surface area contributed by atoms with Crippen LogP contribution in [0.15, 0.2) is 30.3 Å². The van der Waals surface area contributed by atoms with E-state index in [1.807, 2.05) is 13.0 Å². The second-order valence-corrected chi connectivity index (χ2v) is 4.72. The molecule has 0 aliphatic carbocycles. The molecule has 2 atom stereocenters. The van der Waals surface area contributed by atoms with E-state index in [-0.39, 0.29) is 6.10 Å². The lowest BCUT2D eigenvalue weighted by Crippen LogP contribution is -2.28. The third kappa shape index (κ3) is 5.85. The fraction of sp³-hybridized carbons (Fsp3) is 0.600. The fourth-order valence-corrected chi connectivity index (χ4v) is 1.98. The number of benzene rings is 1. The maximum Gasteiger partial charge on any atom is 0.0636 e. The van der Waals surface area contributed by atoms with Crippen LogP contribution in [-0.2, 0) is 0 Å². The molecule has 0 fully saturated rings. The maximum absolute atomic E-state index is 9.36. The monoisotopic (exact) mass is 235 g/mol. The Labute approximate surface area is 105 Å². The van der Waals surface area contributed by atoms with Crippen molar-refractivity contribution in [1.29, 1.82) is 0 Å². The highest BCUT2D eigenvalue weighted by molar-refractivity contribution is 5.18. The van der Waals surface area contributed by atoms with Gasteiger partial charge in [0.1, 0.15) is 0 Å². The van der Waals surface area contributed by atoms with E-state index in [4.69, 9.17) is 0 Å². The summed E-state index contributed by atoms with van der Waals surface area (Å²) >= 11 is 0. The van der Waals surface area contributed by atoms with Gasteiger partial charge in [-0.2, -0.15) is 0 Å². The number of hydrogen-bond donors (Lipinski definition) is 2. The Morgan fingerprint density at radius 2 is 1.88 bits per heavy atom. The van der Waals surface area contributed by atoms with Gasteiger partial charge < -0.3 is 10.4 Å². The topological polar surface area (TPSA) is 32.3 Å². The molecule has 96 valence electrons. The van der Waals surface area contributed by atoms with Crippen molar-refractivity contribution in [1.82, 2.24) is 5.32 Å². The molecule has 0 aliphatic heterocycles. The van der Waals surface area contributed by atoms with Gasteiger partial charge in [-0.05, 0) is 18.9 Å².